The molecule has 8 heteroatoms. The van der Waals surface area contributed by atoms with Crippen LogP contribution >= 0.6 is 0 Å². The van der Waals surface area contributed by atoms with E-state index in [9.17, 15) is 13.2 Å². The van der Waals surface area contributed by atoms with Crippen molar-refractivity contribution in [2.24, 2.45) is 0 Å². The first-order valence-electron chi connectivity index (χ1n) is 5.51. The molecule has 7 nitrogen and oxygen atoms in total. The van der Waals surface area contributed by atoms with Crippen LogP contribution in [0.1, 0.15) is 10.5 Å². The molecule has 1 aromatic carbocycles. The third-order valence-electron chi connectivity index (χ3n) is 2.54. The van der Waals surface area contributed by atoms with Gasteiger partial charge >= 0.3 is 5.97 Å². The lowest BCUT2D eigenvalue weighted by Gasteiger charge is -2.07. The van der Waals surface area contributed by atoms with Crippen LogP contribution in [-0.4, -0.2) is 31.6 Å². The van der Waals surface area contributed by atoms with Crippen LogP contribution in [0.15, 0.2) is 41.4 Å². The number of carbonyl (C=O) groups is 1. The van der Waals surface area contributed by atoms with E-state index in [1.807, 2.05) is 0 Å². The molecule has 0 fully saturated rings. The zero-order valence-electron chi connectivity index (χ0n) is 10.5. The second-order valence-electron chi connectivity index (χ2n) is 3.89. The molecular formula is C12H12N2O5S. The molecule has 0 spiro atoms. The summed E-state index contributed by atoms with van der Waals surface area (Å²) >= 11 is 0. The number of sulfonamides is 1. The van der Waals surface area contributed by atoms with Crippen LogP contribution in [0.25, 0.3) is 0 Å². The van der Waals surface area contributed by atoms with Gasteiger partial charge in [0, 0.05) is 11.9 Å². The van der Waals surface area contributed by atoms with Gasteiger partial charge in [0.2, 0.25) is 0 Å². The number of aromatic amines is 1. The molecule has 20 heavy (non-hydrogen) atoms. The Morgan fingerprint density at radius 1 is 1.30 bits per heavy atom. The molecule has 0 aliphatic heterocycles. The summed E-state index contributed by atoms with van der Waals surface area (Å²) in [7, 11) is -2.32. The van der Waals surface area contributed by atoms with Gasteiger partial charge in [-0.2, -0.15) is 0 Å². The molecule has 2 rings (SSSR count). The Labute approximate surface area is 115 Å². The number of carboxylic acids is 1. The van der Waals surface area contributed by atoms with E-state index >= 15 is 0 Å². The fourth-order valence-electron chi connectivity index (χ4n) is 1.53. The number of benzene rings is 1. The lowest BCUT2D eigenvalue weighted by molar-refractivity contribution is 0.0691. The van der Waals surface area contributed by atoms with Crippen molar-refractivity contribution in [2.45, 2.75) is 4.90 Å². The van der Waals surface area contributed by atoms with Crippen LogP contribution in [0.4, 0.5) is 5.69 Å². The minimum Gasteiger partial charge on any atom is -0.497 e. The van der Waals surface area contributed by atoms with Gasteiger partial charge in [-0.15, -0.1) is 0 Å². The molecule has 0 radical (unpaired) electrons. The maximum atomic E-state index is 12.0. The highest BCUT2D eigenvalue weighted by molar-refractivity contribution is 7.92. The molecule has 1 aromatic heterocycles. The monoisotopic (exact) mass is 296 g/mol. The van der Waals surface area contributed by atoms with Gasteiger partial charge in [-0.05, 0) is 30.3 Å². The fraction of sp³-hybridized carbons (Fsp3) is 0.0833. The summed E-state index contributed by atoms with van der Waals surface area (Å²) in [5.41, 5.74) is 0.156. The number of carboxylic acid groups (broad SMARTS) is 1. The fourth-order valence-corrected chi connectivity index (χ4v) is 2.58. The maximum Gasteiger partial charge on any atom is 0.352 e. The van der Waals surface area contributed by atoms with Crippen LogP contribution in [0.3, 0.4) is 0 Å². The van der Waals surface area contributed by atoms with Crippen molar-refractivity contribution >= 4 is 21.7 Å². The molecular weight excluding hydrogens is 284 g/mol. The van der Waals surface area contributed by atoms with Gasteiger partial charge in [-0.1, -0.05) is 0 Å². The predicted molar refractivity (Wildman–Crippen MR) is 71.6 cm³/mol. The molecule has 0 saturated carbocycles. The molecule has 3 N–H and O–H groups in total. The minimum atomic E-state index is -3.83. The molecule has 0 unspecified atom stereocenters. The molecule has 1 heterocycles. The third kappa shape index (κ3) is 2.91. The zero-order valence-corrected chi connectivity index (χ0v) is 11.3. The van der Waals surface area contributed by atoms with E-state index in [-0.39, 0.29) is 10.6 Å². The van der Waals surface area contributed by atoms with Crippen molar-refractivity contribution in [3.05, 3.63) is 42.2 Å². The Bertz CT molecular complexity index is 719. The largest absolute Gasteiger partial charge is 0.497 e. The van der Waals surface area contributed by atoms with E-state index in [1.54, 1.807) is 24.3 Å². The van der Waals surface area contributed by atoms with Gasteiger partial charge in [-0.25, -0.2) is 13.2 Å². The molecule has 0 aliphatic carbocycles. The lowest BCUT2D eigenvalue weighted by atomic mass is 10.3. The number of aromatic carboxylic acids is 1. The van der Waals surface area contributed by atoms with Crippen molar-refractivity contribution < 1.29 is 23.1 Å². The summed E-state index contributed by atoms with van der Waals surface area (Å²) in [6.07, 6.45) is 1.12. The maximum absolute atomic E-state index is 12.0. The van der Waals surface area contributed by atoms with E-state index in [4.69, 9.17) is 9.84 Å². The first-order valence-corrected chi connectivity index (χ1v) is 6.99. The van der Waals surface area contributed by atoms with Gasteiger partial charge in [-0.3, -0.25) is 4.72 Å². The van der Waals surface area contributed by atoms with Gasteiger partial charge in [0.25, 0.3) is 10.0 Å². The predicted octanol–water partition coefficient (Wildman–Crippen LogP) is 1.52. The smallest absolute Gasteiger partial charge is 0.352 e. The normalized spacial score (nSPS) is 11.1. The third-order valence-corrected chi connectivity index (χ3v) is 3.90. The van der Waals surface area contributed by atoms with Crippen LogP contribution in [0, 0.1) is 0 Å². The van der Waals surface area contributed by atoms with E-state index in [2.05, 4.69) is 9.71 Å². The molecule has 0 amide bonds. The number of H-pyrrole nitrogens is 1. The first kappa shape index (κ1) is 13.9. The highest BCUT2D eigenvalue weighted by atomic mass is 32.2. The average Bonchev–Trinajstić information content (AvgIpc) is 2.90. The lowest BCUT2D eigenvalue weighted by Crippen LogP contribution is -2.12. The number of methoxy groups -OCH3 is 1. The quantitative estimate of drug-likeness (QED) is 0.775. The van der Waals surface area contributed by atoms with Gasteiger partial charge in [0.05, 0.1) is 7.11 Å². The SMILES string of the molecule is COc1ccc(NS(=O)(=O)c2c[nH]c(C(=O)O)c2)cc1. The highest BCUT2D eigenvalue weighted by Gasteiger charge is 2.18. The number of rotatable bonds is 5. The molecule has 0 bridgehead atoms. The Hall–Kier alpha value is -2.48. The summed E-state index contributed by atoms with van der Waals surface area (Å²) < 4.78 is 31.4. The van der Waals surface area contributed by atoms with Crippen molar-refractivity contribution in [3.63, 3.8) is 0 Å². The average molecular weight is 296 g/mol. The zero-order chi connectivity index (χ0) is 14.8. The first-order chi connectivity index (χ1) is 9.42. The Morgan fingerprint density at radius 3 is 2.45 bits per heavy atom. The van der Waals surface area contributed by atoms with Crippen LogP contribution in [0.5, 0.6) is 5.75 Å². The van der Waals surface area contributed by atoms with Crippen molar-refractivity contribution in [2.75, 3.05) is 11.8 Å². The molecule has 0 aliphatic rings. The number of ether oxygens (including phenoxy) is 1. The molecule has 2 aromatic rings. The van der Waals surface area contributed by atoms with E-state index in [0.29, 0.717) is 11.4 Å². The van der Waals surface area contributed by atoms with E-state index in [0.717, 1.165) is 12.3 Å². The number of hydrogen-bond donors (Lipinski definition) is 3. The number of nitrogens with one attached hydrogen (secondary N) is 2. The van der Waals surface area contributed by atoms with E-state index < -0.39 is 16.0 Å². The summed E-state index contributed by atoms with van der Waals surface area (Å²) in [6, 6.07) is 7.35. The molecule has 0 atom stereocenters. The van der Waals surface area contributed by atoms with Gasteiger partial charge in [0.1, 0.15) is 16.3 Å². The Kier molecular flexibility index (Phi) is 3.66. The highest BCUT2D eigenvalue weighted by Crippen LogP contribution is 2.19. The summed E-state index contributed by atoms with van der Waals surface area (Å²) in [5.74, 6) is -0.626. The number of anilines is 1. The Morgan fingerprint density at radius 2 is 1.95 bits per heavy atom. The number of hydrogen-bond acceptors (Lipinski definition) is 4. The summed E-state index contributed by atoms with van der Waals surface area (Å²) in [6.45, 7) is 0. The van der Waals surface area contributed by atoms with Crippen molar-refractivity contribution in [1.82, 2.24) is 4.98 Å². The van der Waals surface area contributed by atoms with Crippen LogP contribution in [0.2, 0.25) is 0 Å². The van der Waals surface area contributed by atoms with E-state index in [1.165, 1.54) is 7.11 Å². The number of aromatic nitrogens is 1. The van der Waals surface area contributed by atoms with Crippen molar-refractivity contribution in [3.8, 4) is 5.75 Å². The summed E-state index contributed by atoms with van der Waals surface area (Å²) in [4.78, 5) is 12.9. The second kappa shape index (κ2) is 5.25. The van der Waals surface area contributed by atoms with Crippen LogP contribution in [-0.2, 0) is 10.0 Å². The van der Waals surface area contributed by atoms with Crippen LogP contribution < -0.4 is 9.46 Å². The van der Waals surface area contributed by atoms with Gasteiger partial charge < -0.3 is 14.8 Å². The molecule has 0 saturated heterocycles. The Balaban J connectivity index is 2.23. The van der Waals surface area contributed by atoms with Crippen molar-refractivity contribution in [1.29, 1.82) is 0 Å². The van der Waals surface area contributed by atoms with Gasteiger partial charge in [0.15, 0.2) is 0 Å². The standard InChI is InChI=1S/C12H12N2O5S/c1-19-9-4-2-8(3-5-9)14-20(17,18)10-6-11(12(15)16)13-7-10/h2-7,13-14H,1H3,(H,15,16). The summed E-state index contributed by atoms with van der Waals surface area (Å²) in [5, 5.41) is 8.75. The topological polar surface area (TPSA) is 108 Å². The second-order valence-corrected chi connectivity index (χ2v) is 5.57. The molecule has 106 valence electrons. The minimum absolute atomic E-state index is 0.147.